The summed E-state index contributed by atoms with van der Waals surface area (Å²) >= 11 is 3.58. The topological polar surface area (TPSA) is 32.3 Å². The van der Waals surface area contributed by atoms with Crippen LogP contribution in [0.3, 0.4) is 0 Å². The number of aliphatic hydroxyl groups excluding tert-OH is 1. The van der Waals surface area contributed by atoms with E-state index >= 15 is 0 Å². The Kier molecular flexibility index (Phi) is 4.05. The van der Waals surface area contributed by atoms with Gasteiger partial charge in [-0.2, -0.15) is 0 Å². The number of fused-ring (bicyclic) bond motifs is 1. The van der Waals surface area contributed by atoms with Gasteiger partial charge in [-0.3, -0.25) is 0 Å². The van der Waals surface area contributed by atoms with Gasteiger partial charge < -0.3 is 10.4 Å². The Balaban J connectivity index is 2.05. The van der Waals surface area contributed by atoms with Crippen molar-refractivity contribution in [1.29, 1.82) is 0 Å². The molecular weight excluding hydrogens is 326 g/mol. The fourth-order valence-corrected chi connectivity index (χ4v) is 3.65. The van der Waals surface area contributed by atoms with Crippen LogP contribution < -0.4 is 5.32 Å². The van der Waals surface area contributed by atoms with E-state index in [1.165, 1.54) is 11.1 Å². The van der Waals surface area contributed by atoms with Crippen LogP contribution in [0.25, 0.3) is 0 Å². The Morgan fingerprint density at radius 1 is 1.19 bits per heavy atom. The van der Waals surface area contributed by atoms with Crippen LogP contribution in [0.1, 0.15) is 36.8 Å². The van der Waals surface area contributed by atoms with E-state index in [4.69, 9.17) is 0 Å². The molecule has 1 aliphatic carbocycles. The first-order chi connectivity index (χ1) is 10.2. The fourth-order valence-electron chi connectivity index (χ4n) is 3.27. The molecule has 0 amide bonds. The summed E-state index contributed by atoms with van der Waals surface area (Å²) in [7, 11) is 0. The van der Waals surface area contributed by atoms with Crippen molar-refractivity contribution in [3.63, 3.8) is 0 Å². The number of para-hydroxylation sites is 1. The predicted octanol–water partition coefficient (Wildman–Crippen LogP) is 4.65. The van der Waals surface area contributed by atoms with Gasteiger partial charge in [0.2, 0.25) is 0 Å². The molecular formula is C18H20BrNO. The van der Waals surface area contributed by atoms with E-state index in [9.17, 15) is 5.11 Å². The quantitative estimate of drug-likeness (QED) is 0.848. The summed E-state index contributed by atoms with van der Waals surface area (Å²) in [6.45, 7) is 2.36. The lowest BCUT2D eigenvalue weighted by Gasteiger charge is -2.41. The predicted molar refractivity (Wildman–Crippen MR) is 90.6 cm³/mol. The molecule has 110 valence electrons. The summed E-state index contributed by atoms with van der Waals surface area (Å²) in [5, 5.41) is 13.7. The molecule has 0 bridgehead atoms. The standard InChI is InChI=1S/C18H20BrNO/c1-13-10-11-18(12-21,15-7-3-2-6-14(13)15)20-17-9-5-4-8-16(17)19/h2-9,13,20-21H,10-12H2,1H3. The molecule has 0 radical (unpaired) electrons. The van der Waals surface area contributed by atoms with E-state index in [0.29, 0.717) is 5.92 Å². The van der Waals surface area contributed by atoms with Crippen LogP contribution >= 0.6 is 15.9 Å². The molecule has 0 saturated carbocycles. The lowest BCUT2D eigenvalue weighted by molar-refractivity contribution is 0.190. The number of hydrogen-bond acceptors (Lipinski definition) is 2. The van der Waals surface area contributed by atoms with Crippen LogP contribution in [0.15, 0.2) is 53.0 Å². The Morgan fingerprint density at radius 2 is 1.90 bits per heavy atom. The minimum absolute atomic E-state index is 0.0953. The highest BCUT2D eigenvalue weighted by Gasteiger charge is 2.38. The van der Waals surface area contributed by atoms with E-state index in [1.54, 1.807) is 0 Å². The number of halogens is 1. The maximum Gasteiger partial charge on any atom is 0.0860 e. The van der Waals surface area contributed by atoms with Crippen molar-refractivity contribution < 1.29 is 5.11 Å². The minimum Gasteiger partial charge on any atom is -0.394 e. The molecule has 0 aromatic heterocycles. The van der Waals surface area contributed by atoms with Crippen molar-refractivity contribution in [3.05, 3.63) is 64.1 Å². The average molecular weight is 346 g/mol. The molecule has 2 aromatic carbocycles. The lowest BCUT2D eigenvalue weighted by atomic mass is 9.72. The first-order valence-corrected chi connectivity index (χ1v) is 8.18. The number of rotatable bonds is 3. The molecule has 3 heteroatoms. The number of benzene rings is 2. The summed E-state index contributed by atoms with van der Waals surface area (Å²) in [5.74, 6) is 0.543. The van der Waals surface area contributed by atoms with Gasteiger partial charge in [-0.25, -0.2) is 0 Å². The van der Waals surface area contributed by atoms with Gasteiger partial charge in [-0.15, -0.1) is 0 Å². The van der Waals surface area contributed by atoms with Crippen molar-refractivity contribution in [1.82, 2.24) is 0 Å². The zero-order chi connectivity index (χ0) is 14.9. The Labute approximate surface area is 134 Å². The maximum absolute atomic E-state index is 10.1. The van der Waals surface area contributed by atoms with E-state index in [2.05, 4.69) is 52.4 Å². The van der Waals surface area contributed by atoms with Crippen molar-refractivity contribution in [2.45, 2.75) is 31.2 Å². The van der Waals surface area contributed by atoms with Gasteiger partial charge in [0.15, 0.2) is 0 Å². The zero-order valence-electron chi connectivity index (χ0n) is 12.1. The van der Waals surface area contributed by atoms with Crippen molar-refractivity contribution in [2.24, 2.45) is 0 Å². The van der Waals surface area contributed by atoms with Gasteiger partial charge in [-0.05, 0) is 57.9 Å². The summed E-state index contributed by atoms with van der Waals surface area (Å²) < 4.78 is 1.02. The van der Waals surface area contributed by atoms with Crippen molar-refractivity contribution in [3.8, 4) is 0 Å². The highest BCUT2D eigenvalue weighted by atomic mass is 79.9. The zero-order valence-corrected chi connectivity index (χ0v) is 13.7. The van der Waals surface area contributed by atoms with Gasteiger partial charge in [0.1, 0.15) is 0 Å². The van der Waals surface area contributed by atoms with Crippen LogP contribution in [-0.2, 0) is 5.54 Å². The van der Waals surface area contributed by atoms with Crippen LogP contribution in [-0.4, -0.2) is 11.7 Å². The van der Waals surface area contributed by atoms with E-state index in [0.717, 1.165) is 23.0 Å². The van der Waals surface area contributed by atoms with Gasteiger partial charge >= 0.3 is 0 Å². The third-order valence-electron chi connectivity index (χ3n) is 4.53. The van der Waals surface area contributed by atoms with Crippen LogP contribution in [0, 0.1) is 0 Å². The molecule has 0 aliphatic heterocycles. The van der Waals surface area contributed by atoms with Gasteiger partial charge in [-0.1, -0.05) is 43.3 Å². The SMILES string of the molecule is CC1CCC(CO)(Nc2ccccc2Br)c2ccccc21. The second kappa shape index (κ2) is 5.82. The molecule has 0 fully saturated rings. The lowest BCUT2D eigenvalue weighted by Crippen LogP contribution is -2.42. The molecule has 3 rings (SSSR count). The highest BCUT2D eigenvalue weighted by molar-refractivity contribution is 9.10. The molecule has 2 N–H and O–H groups in total. The average Bonchev–Trinajstić information content (AvgIpc) is 2.53. The first kappa shape index (κ1) is 14.6. The molecule has 0 spiro atoms. The van der Waals surface area contributed by atoms with Gasteiger partial charge in [0.05, 0.1) is 12.1 Å². The second-order valence-electron chi connectivity index (χ2n) is 5.87. The maximum atomic E-state index is 10.1. The van der Waals surface area contributed by atoms with Gasteiger partial charge in [0.25, 0.3) is 0 Å². The summed E-state index contributed by atoms with van der Waals surface area (Å²) in [4.78, 5) is 0. The molecule has 21 heavy (non-hydrogen) atoms. The third kappa shape index (κ3) is 2.60. The molecule has 0 saturated heterocycles. The van der Waals surface area contributed by atoms with Crippen LogP contribution in [0.5, 0.6) is 0 Å². The molecule has 2 aromatic rings. The number of hydrogen-bond donors (Lipinski definition) is 2. The largest absolute Gasteiger partial charge is 0.394 e. The van der Waals surface area contributed by atoms with Crippen molar-refractivity contribution in [2.75, 3.05) is 11.9 Å². The molecule has 1 aliphatic rings. The Morgan fingerprint density at radius 3 is 2.67 bits per heavy atom. The van der Waals surface area contributed by atoms with E-state index < -0.39 is 5.54 Å². The highest BCUT2D eigenvalue weighted by Crippen LogP contribution is 2.43. The van der Waals surface area contributed by atoms with Crippen LogP contribution in [0.4, 0.5) is 5.69 Å². The number of nitrogens with one attached hydrogen (secondary N) is 1. The first-order valence-electron chi connectivity index (χ1n) is 7.39. The molecule has 0 heterocycles. The van der Waals surface area contributed by atoms with Gasteiger partial charge in [0, 0.05) is 10.2 Å². The number of aliphatic hydroxyl groups is 1. The molecule has 2 unspecified atom stereocenters. The fraction of sp³-hybridized carbons (Fsp3) is 0.333. The minimum atomic E-state index is -0.396. The summed E-state index contributed by atoms with van der Waals surface area (Å²) in [5.41, 5.74) is 3.20. The van der Waals surface area contributed by atoms with E-state index in [-0.39, 0.29) is 6.61 Å². The smallest absolute Gasteiger partial charge is 0.0860 e. The Bertz CT molecular complexity index is 643. The number of anilines is 1. The molecule has 2 atom stereocenters. The van der Waals surface area contributed by atoms with Crippen molar-refractivity contribution >= 4 is 21.6 Å². The Hall–Kier alpha value is -1.32. The summed E-state index contributed by atoms with van der Waals surface area (Å²) in [6, 6.07) is 16.5. The summed E-state index contributed by atoms with van der Waals surface area (Å²) in [6.07, 6.45) is 2.01. The second-order valence-corrected chi connectivity index (χ2v) is 6.73. The van der Waals surface area contributed by atoms with Crippen LogP contribution in [0.2, 0.25) is 0 Å². The molecule has 2 nitrogen and oxygen atoms in total. The third-order valence-corrected chi connectivity index (χ3v) is 5.22. The monoisotopic (exact) mass is 345 g/mol. The normalized spacial score (nSPS) is 24.4. The van der Waals surface area contributed by atoms with E-state index in [1.807, 2.05) is 24.3 Å².